The largest absolute Gasteiger partial charge is 0.497 e. The lowest BCUT2D eigenvalue weighted by molar-refractivity contribution is -0.119. The number of carbonyl (C=O) groups excluding carboxylic acids is 1. The molecule has 0 aliphatic heterocycles. The third-order valence-corrected chi connectivity index (χ3v) is 5.85. The maximum atomic E-state index is 13.2. The topological polar surface area (TPSA) is 214 Å². The molecule has 33 heavy (non-hydrogen) atoms. The summed E-state index contributed by atoms with van der Waals surface area (Å²) in [5.41, 5.74) is 15.2. The Morgan fingerprint density at radius 2 is 1.88 bits per heavy atom. The van der Waals surface area contributed by atoms with E-state index >= 15 is 0 Å². The fraction of sp³-hybridized carbons (Fsp3) is 0.316. The molecule has 0 aliphatic rings. The van der Waals surface area contributed by atoms with Gasteiger partial charge in [-0.2, -0.15) is 0 Å². The highest BCUT2D eigenvalue weighted by Gasteiger charge is 2.28. The van der Waals surface area contributed by atoms with E-state index in [1.807, 2.05) is 0 Å². The molecular weight excluding hydrogens is 456 g/mol. The molecule has 0 fully saturated rings. The third-order valence-electron chi connectivity index (χ3n) is 4.48. The maximum absolute atomic E-state index is 13.2. The molecule has 0 saturated heterocycles. The van der Waals surface area contributed by atoms with Gasteiger partial charge >= 0.3 is 0 Å². The average Bonchev–Trinajstić information content (AvgIpc) is 2.74. The zero-order valence-corrected chi connectivity index (χ0v) is 19.1. The van der Waals surface area contributed by atoms with Crippen LogP contribution in [0, 0.1) is 6.92 Å². The van der Waals surface area contributed by atoms with Gasteiger partial charge in [0.1, 0.15) is 28.7 Å². The summed E-state index contributed by atoms with van der Waals surface area (Å²) in [4.78, 5) is 32.0. The average molecular weight is 483 g/mol. The molecule has 1 amide bonds. The van der Waals surface area contributed by atoms with Crippen molar-refractivity contribution in [2.24, 2.45) is 22.4 Å². The molecule has 1 aromatic carbocycles. The second-order valence-corrected chi connectivity index (χ2v) is 8.48. The number of carbonyl (C=O) groups is 1. The number of oxime groups is 1. The van der Waals surface area contributed by atoms with Gasteiger partial charge in [-0.1, -0.05) is 0 Å². The fourth-order valence-corrected chi connectivity index (χ4v) is 4.30. The Balaban J connectivity index is 2.54. The Morgan fingerprint density at radius 3 is 2.45 bits per heavy atom. The van der Waals surface area contributed by atoms with E-state index in [1.54, 1.807) is 6.92 Å². The number of rotatable bonds is 11. The van der Waals surface area contributed by atoms with Gasteiger partial charge in [-0.25, -0.2) is 8.42 Å². The number of hydrogen-bond acceptors (Lipinski definition) is 8. The molecule has 0 radical (unpaired) electrons. The van der Waals surface area contributed by atoms with Crippen molar-refractivity contribution >= 4 is 27.6 Å². The highest BCUT2D eigenvalue weighted by atomic mass is 32.2. The van der Waals surface area contributed by atoms with Crippen LogP contribution in [0.15, 0.2) is 39.1 Å². The molecule has 0 aliphatic carbocycles. The molecule has 0 saturated carbocycles. The van der Waals surface area contributed by atoms with Crippen LogP contribution in [0.1, 0.15) is 23.6 Å². The van der Waals surface area contributed by atoms with Gasteiger partial charge in [0.25, 0.3) is 15.6 Å². The summed E-state index contributed by atoms with van der Waals surface area (Å²) in [7, 11) is -1.69. The minimum atomic E-state index is -4.36. The van der Waals surface area contributed by atoms with Crippen LogP contribution in [0.2, 0.25) is 0 Å². The van der Waals surface area contributed by atoms with Crippen molar-refractivity contribution in [3.63, 3.8) is 0 Å². The number of pyridine rings is 1. The Kier molecular flexibility index (Phi) is 8.12. The zero-order valence-electron chi connectivity index (χ0n) is 18.2. The number of ether oxygens (including phenoxy) is 2. The number of primary amides is 1. The first-order valence-corrected chi connectivity index (χ1v) is 11.0. The lowest BCUT2D eigenvalue weighted by atomic mass is 9.94. The molecular formula is C19H26N6O7S. The predicted octanol–water partition coefficient (Wildman–Crippen LogP) is -0.335. The van der Waals surface area contributed by atoms with Gasteiger partial charge < -0.3 is 36.5 Å². The number of guanidine groups is 1. The van der Waals surface area contributed by atoms with E-state index in [0.29, 0.717) is 5.69 Å². The van der Waals surface area contributed by atoms with Crippen molar-refractivity contribution < 1.29 is 27.5 Å². The number of aromatic nitrogens is 1. The standard InChI is InChI=1S/C19H26N6O7S/c1-10-8-13(12(17(20)26)6-7-32-24-19(21)22)16(18(27)23-10)25-33(28,29)15-9-11(30-2)4-5-14(15)31-3/h4-5,8-9,12,25H,6-7H2,1-3H3,(H2,20,26)(H,23,27)(H4,21,22,24). The van der Waals surface area contributed by atoms with E-state index in [4.69, 9.17) is 31.5 Å². The van der Waals surface area contributed by atoms with Gasteiger partial charge in [0.2, 0.25) is 11.9 Å². The quantitative estimate of drug-likeness (QED) is 0.122. The number of nitrogens with two attached hydrogens (primary N) is 3. The number of nitrogens with one attached hydrogen (secondary N) is 2. The molecule has 180 valence electrons. The summed E-state index contributed by atoms with van der Waals surface area (Å²) in [6, 6.07) is 5.60. The molecule has 8 N–H and O–H groups in total. The van der Waals surface area contributed by atoms with Gasteiger partial charge in [0, 0.05) is 11.8 Å². The Labute approximate surface area is 189 Å². The van der Waals surface area contributed by atoms with Gasteiger partial charge in [0.15, 0.2) is 0 Å². The summed E-state index contributed by atoms with van der Waals surface area (Å²) in [5.74, 6) is -1.96. The fourth-order valence-electron chi connectivity index (χ4n) is 3.02. The van der Waals surface area contributed by atoms with Gasteiger partial charge in [-0.3, -0.25) is 14.3 Å². The van der Waals surface area contributed by atoms with Crippen LogP contribution in [-0.2, 0) is 19.7 Å². The molecule has 1 heterocycles. The zero-order chi connectivity index (χ0) is 24.8. The number of methoxy groups -OCH3 is 2. The number of anilines is 1. The minimum absolute atomic E-state index is 0.0190. The monoisotopic (exact) mass is 482 g/mol. The van der Waals surface area contributed by atoms with Crippen LogP contribution < -0.4 is 37.0 Å². The van der Waals surface area contributed by atoms with E-state index in [0.717, 1.165) is 0 Å². The van der Waals surface area contributed by atoms with Crippen LogP contribution in [0.3, 0.4) is 0 Å². The molecule has 14 heteroatoms. The van der Waals surface area contributed by atoms with Crippen LogP contribution in [0.25, 0.3) is 0 Å². The first kappa shape index (κ1) is 25.3. The van der Waals surface area contributed by atoms with Gasteiger partial charge in [-0.05, 0) is 42.3 Å². The SMILES string of the molecule is COc1ccc(OC)c(S(=O)(=O)Nc2c(C(CCON=C(N)N)C(N)=O)cc(C)[nH]c2=O)c1. The number of aromatic amines is 1. The second kappa shape index (κ2) is 10.6. The lowest BCUT2D eigenvalue weighted by Crippen LogP contribution is -2.29. The highest BCUT2D eigenvalue weighted by Crippen LogP contribution is 2.32. The number of benzene rings is 1. The van der Waals surface area contributed by atoms with E-state index in [-0.39, 0.29) is 46.6 Å². The normalized spacial score (nSPS) is 11.8. The number of aryl methyl sites for hydroxylation is 1. The minimum Gasteiger partial charge on any atom is -0.497 e. The van der Waals surface area contributed by atoms with Crippen LogP contribution >= 0.6 is 0 Å². The Bertz CT molecular complexity index is 1210. The van der Waals surface area contributed by atoms with Crippen molar-refractivity contribution in [1.82, 2.24) is 4.98 Å². The number of H-pyrrole nitrogens is 1. The molecule has 2 aromatic rings. The molecule has 1 atom stereocenters. The van der Waals surface area contributed by atoms with Crippen molar-refractivity contribution in [2.75, 3.05) is 25.5 Å². The second-order valence-electron chi connectivity index (χ2n) is 6.83. The summed E-state index contributed by atoms with van der Waals surface area (Å²) in [5, 5.41) is 3.36. The Morgan fingerprint density at radius 1 is 1.18 bits per heavy atom. The van der Waals surface area contributed by atoms with E-state index < -0.39 is 27.4 Å². The van der Waals surface area contributed by atoms with Crippen LogP contribution in [0.5, 0.6) is 11.5 Å². The Hall–Kier alpha value is -3.94. The predicted molar refractivity (Wildman–Crippen MR) is 120 cm³/mol. The van der Waals surface area contributed by atoms with Crippen LogP contribution in [0.4, 0.5) is 5.69 Å². The summed E-state index contributed by atoms with van der Waals surface area (Å²) >= 11 is 0. The van der Waals surface area contributed by atoms with Crippen molar-refractivity contribution in [1.29, 1.82) is 0 Å². The summed E-state index contributed by atoms with van der Waals surface area (Å²) < 4.78 is 38.8. The highest BCUT2D eigenvalue weighted by molar-refractivity contribution is 7.92. The molecule has 1 aromatic heterocycles. The number of nitrogens with zero attached hydrogens (tertiary/aromatic N) is 1. The molecule has 1 unspecified atom stereocenters. The summed E-state index contributed by atoms with van der Waals surface area (Å²) in [6.07, 6.45) is -0.0355. The number of sulfonamides is 1. The maximum Gasteiger partial charge on any atom is 0.272 e. The van der Waals surface area contributed by atoms with E-state index in [2.05, 4.69) is 14.9 Å². The van der Waals surface area contributed by atoms with Gasteiger partial charge in [0.05, 0.1) is 20.1 Å². The molecule has 2 rings (SSSR count). The van der Waals surface area contributed by atoms with Crippen molar-refractivity contribution in [2.45, 2.75) is 24.2 Å². The van der Waals surface area contributed by atoms with E-state index in [9.17, 15) is 18.0 Å². The van der Waals surface area contributed by atoms with E-state index in [1.165, 1.54) is 38.5 Å². The molecule has 0 bridgehead atoms. The first-order chi connectivity index (χ1) is 15.5. The number of hydrogen-bond donors (Lipinski definition) is 5. The lowest BCUT2D eigenvalue weighted by Gasteiger charge is -2.19. The number of amides is 1. The van der Waals surface area contributed by atoms with Crippen LogP contribution in [-0.4, -0.2) is 46.1 Å². The molecule has 0 spiro atoms. The van der Waals surface area contributed by atoms with Crippen molar-refractivity contribution in [3.8, 4) is 11.5 Å². The smallest absolute Gasteiger partial charge is 0.272 e. The molecule has 13 nitrogen and oxygen atoms in total. The third kappa shape index (κ3) is 6.29. The van der Waals surface area contributed by atoms with Gasteiger partial charge in [-0.15, -0.1) is 0 Å². The summed E-state index contributed by atoms with van der Waals surface area (Å²) in [6.45, 7) is 1.44. The first-order valence-electron chi connectivity index (χ1n) is 9.49. The van der Waals surface area contributed by atoms with Crippen molar-refractivity contribution in [3.05, 3.63) is 45.9 Å².